The Hall–Kier alpha value is -2.72. The van der Waals surface area contributed by atoms with Crippen LogP contribution in [0.15, 0.2) is 46.2 Å². The van der Waals surface area contributed by atoms with Crippen molar-refractivity contribution in [2.75, 3.05) is 7.11 Å². The van der Waals surface area contributed by atoms with Crippen LogP contribution in [0.4, 0.5) is 4.39 Å². The zero-order valence-electron chi connectivity index (χ0n) is 18.6. The average molecular weight is 539 g/mol. The lowest BCUT2D eigenvalue weighted by molar-refractivity contribution is -0.107. The standard InChI is InChI=1S/C26H15FO4S4/c1-10-4-6-13-15(8-10)33-25(29)17(13)18-14-7-5-12(9-16(14)34-26(18)30)22-19-20(27)23(24(28)31-3)35-21(19)11(2)32-22/h4-9H,1-3H3/b18-17+. The van der Waals surface area contributed by atoms with Gasteiger partial charge in [-0.3, -0.25) is 9.59 Å². The van der Waals surface area contributed by atoms with Crippen LogP contribution in [-0.4, -0.2) is 23.3 Å². The molecule has 4 nitrogen and oxygen atoms in total. The Labute approximate surface area is 216 Å². The predicted molar refractivity (Wildman–Crippen MR) is 141 cm³/mol. The summed E-state index contributed by atoms with van der Waals surface area (Å²) in [5, 5.41) is 0.104. The molecule has 35 heavy (non-hydrogen) atoms. The lowest BCUT2D eigenvalue weighted by Crippen LogP contribution is -2.00. The van der Waals surface area contributed by atoms with Gasteiger partial charge in [-0.25, -0.2) is 9.18 Å². The van der Waals surface area contributed by atoms with Crippen molar-refractivity contribution >= 4 is 83.6 Å². The Morgan fingerprint density at radius 3 is 2.17 bits per heavy atom. The summed E-state index contributed by atoms with van der Waals surface area (Å²) < 4.78 is 20.7. The van der Waals surface area contributed by atoms with Crippen LogP contribution < -0.4 is 0 Å². The molecule has 0 bridgehead atoms. The largest absolute Gasteiger partial charge is 0.465 e. The highest BCUT2D eigenvalue weighted by molar-refractivity contribution is 8.16. The Morgan fingerprint density at radius 2 is 1.51 bits per heavy atom. The summed E-state index contributed by atoms with van der Waals surface area (Å²) in [7, 11) is 1.23. The lowest BCUT2D eigenvalue weighted by atomic mass is 9.95. The summed E-state index contributed by atoms with van der Waals surface area (Å²) in [6, 6.07) is 11.4. The molecule has 9 heteroatoms. The number of hydrogen-bond acceptors (Lipinski definition) is 8. The molecule has 0 saturated heterocycles. The number of rotatable bonds is 2. The first-order valence-electron chi connectivity index (χ1n) is 10.5. The van der Waals surface area contributed by atoms with Crippen molar-refractivity contribution in [3.63, 3.8) is 0 Å². The Balaban J connectivity index is 1.51. The van der Waals surface area contributed by atoms with Gasteiger partial charge in [0.2, 0.25) is 10.2 Å². The van der Waals surface area contributed by atoms with E-state index in [1.165, 1.54) is 18.4 Å². The highest BCUT2D eigenvalue weighted by atomic mass is 32.2. The zero-order chi connectivity index (χ0) is 24.6. The lowest BCUT2D eigenvalue weighted by Gasteiger charge is -2.06. The van der Waals surface area contributed by atoms with Crippen molar-refractivity contribution in [1.82, 2.24) is 0 Å². The maximum Gasteiger partial charge on any atom is 0.351 e. The van der Waals surface area contributed by atoms with Gasteiger partial charge in [0.25, 0.3) is 0 Å². The van der Waals surface area contributed by atoms with Gasteiger partial charge in [0.1, 0.15) is 4.88 Å². The van der Waals surface area contributed by atoms with Gasteiger partial charge in [-0.2, -0.15) is 0 Å². The molecular weight excluding hydrogens is 524 g/mol. The second-order valence-corrected chi connectivity index (χ2v) is 12.4. The summed E-state index contributed by atoms with van der Waals surface area (Å²) >= 11 is 4.78. The van der Waals surface area contributed by atoms with Gasteiger partial charge in [0.05, 0.1) is 11.8 Å². The molecule has 0 saturated carbocycles. The van der Waals surface area contributed by atoms with Crippen molar-refractivity contribution in [2.24, 2.45) is 0 Å². The number of ether oxygens (including phenoxy) is 1. The van der Waals surface area contributed by atoms with Gasteiger partial charge in [-0.05, 0) is 60.6 Å². The van der Waals surface area contributed by atoms with Crippen molar-refractivity contribution in [3.05, 3.63) is 68.7 Å². The first-order chi connectivity index (χ1) is 16.8. The number of thioether (sulfide) groups is 2. The molecule has 174 valence electrons. The smallest absolute Gasteiger partial charge is 0.351 e. The third-order valence-corrected chi connectivity index (χ3v) is 10.4. The zero-order valence-corrected chi connectivity index (χ0v) is 21.9. The van der Waals surface area contributed by atoms with Gasteiger partial charge < -0.3 is 4.74 Å². The summed E-state index contributed by atoms with van der Waals surface area (Å²) in [6.07, 6.45) is 0. The molecule has 0 unspecified atom stereocenters. The molecule has 0 atom stereocenters. The van der Waals surface area contributed by atoms with E-state index >= 15 is 4.39 Å². The summed E-state index contributed by atoms with van der Waals surface area (Å²) in [6.45, 7) is 3.86. The van der Waals surface area contributed by atoms with E-state index in [4.69, 9.17) is 4.74 Å². The molecule has 0 fully saturated rings. The van der Waals surface area contributed by atoms with E-state index in [2.05, 4.69) is 0 Å². The van der Waals surface area contributed by atoms with Crippen molar-refractivity contribution in [3.8, 4) is 10.4 Å². The number of halogens is 1. The summed E-state index contributed by atoms with van der Waals surface area (Å²) in [4.78, 5) is 41.2. The molecule has 0 N–H and O–H groups in total. The third-order valence-electron chi connectivity index (χ3n) is 6.01. The van der Waals surface area contributed by atoms with Crippen LogP contribution in [0.3, 0.4) is 0 Å². The second-order valence-electron chi connectivity index (χ2n) is 8.17. The van der Waals surface area contributed by atoms with Crippen LogP contribution in [0.5, 0.6) is 0 Å². The molecule has 4 aromatic rings. The molecule has 2 aromatic heterocycles. The van der Waals surface area contributed by atoms with Crippen LogP contribution in [0.1, 0.15) is 31.2 Å². The Kier molecular flexibility index (Phi) is 5.30. The van der Waals surface area contributed by atoms with E-state index in [-0.39, 0.29) is 15.1 Å². The van der Waals surface area contributed by atoms with Gasteiger partial charge in [0, 0.05) is 47.2 Å². The van der Waals surface area contributed by atoms with E-state index in [1.807, 2.05) is 50.2 Å². The normalized spacial score (nSPS) is 16.8. The molecule has 0 amide bonds. The SMILES string of the molecule is COC(=O)c1sc2c(C)sc(-c3ccc4c(c3)SC(=O)/C4=C3/C(=O)Sc4cc(C)ccc43)c2c1F. The number of esters is 1. The number of hydrogen-bond donors (Lipinski definition) is 0. The second kappa shape index (κ2) is 8.16. The number of methoxy groups -OCH3 is 1. The molecular formula is C26H15FO4S4. The molecule has 0 radical (unpaired) electrons. The van der Waals surface area contributed by atoms with E-state index in [0.29, 0.717) is 27.0 Å². The average Bonchev–Trinajstić information content (AvgIpc) is 3.53. The minimum Gasteiger partial charge on any atom is -0.465 e. The first kappa shape index (κ1) is 22.7. The predicted octanol–water partition coefficient (Wildman–Crippen LogP) is 7.35. The molecule has 0 aliphatic carbocycles. The van der Waals surface area contributed by atoms with Crippen molar-refractivity contribution in [2.45, 2.75) is 23.6 Å². The summed E-state index contributed by atoms with van der Waals surface area (Å²) in [5.74, 6) is -1.27. The molecule has 2 aromatic carbocycles. The molecule has 6 rings (SSSR count). The summed E-state index contributed by atoms with van der Waals surface area (Å²) in [5.41, 5.74) is 4.20. The van der Waals surface area contributed by atoms with E-state index in [9.17, 15) is 14.4 Å². The minimum atomic E-state index is -0.694. The first-order valence-corrected chi connectivity index (χ1v) is 13.8. The molecule has 2 aliphatic rings. The number of benzene rings is 2. The monoisotopic (exact) mass is 538 g/mol. The van der Waals surface area contributed by atoms with E-state index < -0.39 is 11.8 Å². The van der Waals surface area contributed by atoms with Crippen molar-refractivity contribution < 1.29 is 23.5 Å². The Morgan fingerprint density at radius 1 is 0.886 bits per heavy atom. The number of aryl methyl sites for hydroxylation is 2. The number of fused-ring (bicyclic) bond motifs is 3. The van der Waals surface area contributed by atoms with Gasteiger partial charge >= 0.3 is 5.97 Å². The fraction of sp³-hybridized carbons (Fsp3) is 0.115. The maximum atomic E-state index is 15.3. The van der Waals surface area contributed by atoms with E-state index in [1.54, 1.807) is 0 Å². The Bertz CT molecular complexity index is 1670. The van der Waals surface area contributed by atoms with Gasteiger partial charge in [0.15, 0.2) is 5.82 Å². The van der Waals surface area contributed by atoms with Crippen molar-refractivity contribution in [1.29, 1.82) is 0 Å². The fourth-order valence-corrected chi connectivity index (χ4v) is 8.78. The number of thiophene rings is 2. The van der Waals surface area contributed by atoms with Crippen LogP contribution in [0, 0.1) is 19.7 Å². The number of carbonyl (C=O) groups excluding carboxylic acids is 3. The highest BCUT2D eigenvalue weighted by Crippen LogP contribution is 2.52. The van der Waals surface area contributed by atoms with Crippen LogP contribution >= 0.6 is 46.2 Å². The van der Waals surface area contributed by atoms with Crippen LogP contribution in [0.2, 0.25) is 0 Å². The molecule has 0 spiro atoms. The molecule has 2 aliphatic heterocycles. The van der Waals surface area contributed by atoms with Crippen LogP contribution in [-0.2, 0) is 14.3 Å². The van der Waals surface area contributed by atoms with Crippen LogP contribution in [0.25, 0.3) is 31.7 Å². The third kappa shape index (κ3) is 3.36. The minimum absolute atomic E-state index is 0.0430. The maximum absolute atomic E-state index is 15.3. The highest BCUT2D eigenvalue weighted by Gasteiger charge is 2.37. The van der Waals surface area contributed by atoms with Gasteiger partial charge in [-0.15, -0.1) is 22.7 Å². The van der Waals surface area contributed by atoms with Gasteiger partial charge in [-0.1, -0.05) is 24.3 Å². The molecule has 4 heterocycles. The fourth-order valence-electron chi connectivity index (χ4n) is 4.41. The van der Waals surface area contributed by atoms with E-state index in [0.717, 1.165) is 70.9 Å². The topological polar surface area (TPSA) is 60.4 Å². The quantitative estimate of drug-likeness (QED) is 0.196. The number of carbonyl (C=O) groups is 3.